The maximum atomic E-state index is 12.7. The molecule has 1 aliphatic heterocycles. The number of nitrogens with zero attached hydrogens (tertiary/aromatic N) is 1. The van der Waals surface area contributed by atoms with Crippen molar-refractivity contribution in [1.29, 1.82) is 0 Å². The summed E-state index contributed by atoms with van der Waals surface area (Å²) in [5, 5.41) is 3.90. The van der Waals surface area contributed by atoms with Crippen LogP contribution in [0.5, 0.6) is 0 Å². The number of furan rings is 1. The summed E-state index contributed by atoms with van der Waals surface area (Å²) in [5.74, 6) is -0.235. The SMILES string of the molecule is CN1CCc2c(sc(NC(=O)c3ccc(-c4ccc(Cl)cc4)o3)c2C(N)=O)C1. The van der Waals surface area contributed by atoms with Crippen LogP contribution in [0.15, 0.2) is 40.8 Å². The number of likely N-dealkylation sites (N-methyl/N-ethyl adjacent to an activating group) is 1. The van der Waals surface area contributed by atoms with Crippen LogP contribution in [-0.4, -0.2) is 30.3 Å². The first-order valence-corrected chi connectivity index (χ1v) is 9.92. The molecule has 1 aliphatic rings. The largest absolute Gasteiger partial charge is 0.451 e. The lowest BCUT2D eigenvalue weighted by atomic mass is 10.0. The Kier molecular flexibility index (Phi) is 4.97. The Morgan fingerprint density at radius 2 is 1.96 bits per heavy atom. The number of primary amides is 1. The average Bonchev–Trinajstić information content (AvgIpc) is 3.26. The standard InChI is InChI=1S/C20H18ClN3O3S/c1-24-9-8-13-16(10-24)28-20(17(13)18(22)25)23-19(26)15-7-6-14(27-15)11-2-4-12(21)5-3-11/h2-7H,8-10H2,1H3,(H2,22,25)(H,23,26). The van der Waals surface area contributed by atoms with Crippen molar-refractivity contribution in [2.24, 2.45) is 5.73 Å². The average molecular weight is 416 g/mol. The number of nitrogens with two attached hydrogens (primary N) is 1. The second-order valence-corrected chi connectivity index (χ2v) is 8.23. The molecule has 3 aromatic rings. The topological polar surface area (TPSA) is 88.6 Å². The summed E-state index contributed by atoms with van der Waals surface area (Å²) in [6, 6.07) is 10.5. The predicted octanol–water partition coefficient (Wildman–Crippen LogP) is 4.00. The van der Waals surface area contributed by atoms with Crippen LogP contribution < -0.4 is 11.1 Å². The number of anilines is 1. The lowest BCUT2D eigenvalue weighted by Gasteiger charge is -2.22. The van der Waals surface area contributed by atoms with E-state index in [1.54, 1.807) is 24.3 Å². The molecule has 144 valence electrons. The molecule has 0 aliphatic carbocycles. The summed E-state index contributed by atoms with van der Waals surface area (Å²) in [5.41, 5.74) is 7.75. The monoisotopic (exact) mass is 415 g/mol. The van der Waals surface area contributed by atoms with Crippen LogP contribution in [0.25, 0.3) is 11.3 Å². The van der Waals surface area contributed by atoms with Gasteiger partial charge in [-0.25, -0.2) is 0 Å². The summed E-state index contributed by atoms with van der Waals surface area (Å²) in [6.07, 6.45) is 0.734. The van der Waals surface area contributed by atoms with Gasteiger partial charge in [0, 0.05) is 28.6 Å². The quantitative estimate of drug-likeness (QED) is 0.674. The molecule has 0 fully saturated rings. The molecule has 6 nitrogen and oxygen atoms in total. The van der Waals surface area contributed by atoms with Crippen LogP contribution in [0, 0.1) is 0 Å². The molecule has 1 aromatic carbocycles. The summed E-state index contributed by atoms with van der Waals surface area (Å²) in [6.45, 7) is 1.58. The molecule has 0 atom stereocenters. The molecule has 0 unspecified atom stereocenters. The van der Waals surface area contributed by atoms with E-state index in [2.05, 4.69) is 10.2 Å². The van der Waals surface area contributed by atoms with E-state index < -0.39 is 11.8 Å². The highest BCUT2D eigenvalue weighted by Gasteiger charge is 2.27. The molecule has 3 N–H and O–H groups in total. The van der Waals surface area contributed by atoms with Gasteiger partial charge in [-0.1, -0.05) is 11.6 Å². The van der Waals surface area contributed by atoms with E-state index in [0.717, 1.165) is 35.5 Å². The zero-order valence-electron chi connectivity index (χ0n) is 15.1. The van der Waals surface area contributed by atoms with Crippen molar-refractivity contribution in [1.82, 2.24) is 4.90 Å². The molecule has 28 heavy (non-hydrogen) atoms. The number of benzene rings is 1. The number of carbonyl (C=O) groups excluding carboxylic acids is 2. The van der Waals surface area contributed by atoms with Gasteiger partial charge < -0.3 is 20.4 Å². The van der Waals surface area contributed by atoms with E-state index >= 15 is 0 Å². The number of hydrogen-bond acceptors (Lipinski definition) is 5. The fraction of sp³-hybridized carbons (Fsp3) is 0.200. The number of fused-ring (bicyclic) bond motifs is 1. The Labute approximate surface area is 170 Å². The fourth-order valence-corrected chi connectivity index (χ4v) is 4.73. The smallest absolute Gasteiger partial charge is 0.292 e. The van der Waals surface area contributed by atoms with Crippen LogP contribution >= 0.6 is 22.9 Å². The first kappa shape index (κ1) is 18.7. The van der Waals surface area contributed by atoms with Crippen molar-refractivity contribution in [2.75, 3.05) is 18.9 Å². The van der Waals surface area contributed by atoms with Gasteiger partial charge in [-0.3, -0.25) is 9.59 Å². The predicted molar refractivity (Wildman–Crippen MR) is 110 cm³/mol. The second-order valence-electron chi connectivity index (χ2n) is 6.68. The molecule has 0 saturated heterocycles. The molecule has 4 rings (SSSR count). The Hall–Kier alpha value is -2.61. The van der Waals surface area contributed by atoms with Gasteiger partial charge in [-0.2, -0.15) is 0 Å². The van der Waals surface area contributed by atoms with Gasteiger partial charge in [0.15, 0.2) is 5.76 Å². The van der Waals surface area contributed by atoms with Crippen molar-refractivity contribution >= 4 is 39.8 Å². The van der Waals surface area contributed by atoms with Crippen molar-refractivity contribution in [3.8, 4) is 11.3 Å². The van der Waals surface area contributed by atoms with Crippen LogP contribution in [0.3, 0.4) is 0 Å². The van der Waals surface area contributed by atoms with E-state index in [0.29, 0.717) is 21.3 Å². The van der Waals surface area contributed by atoms with E-state index in [9.17, 15) is 9.59 Å². The van der Waals surface area contributed by atoms with Gasteiger partial charge in [-0.15, -0.1) is 11.3 Å². The number of thiophene rings is 1. The first-order chi connectivity index (χ1) is 13.4. The summed E-state index contributed by atoms with van der Waals surface area (Å²) >= 11 is 7.29. The number of halogens is 1. The van der Waals surface area contributed by atoms with Gasteiger partial charge in [0.25, 0.3) is 11.8 Å². The minimum absolute atomic E-state index is 0.156. The lowest BCUT2D eigenvalue weighted by molar-refractivity contribution is 0.0997. The molecule has 3 heterocycles. The third-order valence-electron chi connectivity index (χ3n) is 4.68. The molecule has 8 heteroatoms. The lowest BCUT2D eigenvalue weighted by Crippen LogP contribution is -2.27. The Morgan fingerprint density at radius 3 is 2.68 bits per heavy atom. The molecule has 2 amide bonds. The van der Waals surface area contributed by atoms with Gasteiger partial charge in [0.2, 0.25) is 0 Å². The molecule has 0 saturated carbocycles. The van der Waals surface area contributed by atoms with Crippen molar-refractivity contribution in [2.45, 2.75) is 13.0 Å². The van der Waals surface area contributed by atoms with E-state index in [-0.39, 0.29) is 5.76 Å². The molecule has 0 radical (unpaired) electrons. The van der Waals surface area contributed by atoms with Gasteiger partial charge in [0.05, 0.1) is 5.56 Å². The van der Waals surface area contributed by atoms with Gasteiger partial charge >= 0.3 is 0 Å². The number of rotatable bonds is 4. The van der Waals surface area contributed by atoms with Crippen LogP contribution in [0.4, 0.5) is 5.00 Å². The summed E-state index contributed by atoms with van der Waals surface area (Å²) in [4.78, 5) is 27.9. The minimum Gasteiger partial charge on any atom is -0.451 e. The Balaban J connectivity index is 1.59. The number of hydrogen-bond donors (Lipinski definition) is 2. The zero-order valence-corrected chi connectivity index (χ0v) is 16.7. The first-order valence-electron chi connectivity index (χ1n) is 8.72. The van der Waals surface area contributed by atoms with Crippen LogP contribution in [0.1, 0.15) is 31.4 Å². The molecule has 0 bridgehead atoms. The summed E-state index contributed by atoms with van der Waals surface area (Å²) < 4.78 is 5.69. The highest BCUT2D eigenvalue weighted by Crippen LogP contribution is 2.37. The second kappa shape index (κ2) is 7.43. The van der Waals surface area contributed by atoms with Crippen molar-refractivity contribution in [3.05, 3.63) is 63.2 Å². The third kappa shape index (κ3) is 3.56. The van der Waals surface area contributed by atoms with Crippen LogP contribution in [-0.2, 0) is 13.0 Å². The molecular weight excluding hydrogens is 398 g/mol. The van der Waals surface area contributed by atoms with Crippen molar-refractivity contribution in [3.63, 3.8) is 0 Å². The van der Waals surface area contributed by atoms with Gasteiger partial charge in [0.1, 0.15) is 10.8 Å². The maximum absolute atomic E-state index is 12.7. The highest BCUT2D eigenvalue weighted by atomic mass is 35.5. The number of amides is 2. The van der Waals surface area contributed by atoms with Crippen LogP contribution in [0.2, 0.25) is 5.02 Å². The third-order valence-corrected chi connectivity index (χ3v) is 6.06. The Bertz CT molecular complexity index is 1060. The fourth-order valence-electron chi connectivity index (χ4n) is 3.27. The van der Waals surface area contributed by atoms with Crippen molar-refractivity contribution < 1.29 is 14.0 Å². The zero-order chi connectivity index (χ0) is 19.8. The minimum atomic E-state index is -0.529. The Morgan fingerprint density at radius 1 is 1.21 bits per heavy atom. The number of carbonyl (C=O) groups is 2. The maximum Gasteiger partial charge on any atom is 0.292 e. The van der Waals surface area contributed by atoms with E-state index in [4.69, 9.17) is 21.8 Å². The summed E-state index contributed by atoms with van der Waals surface area (Å²) in [7, 11) is 2.02. The molecule has 2 aromatic heterocycles. The van der Waals surface area contributed by atoms with E-state index in [1.807, 2.05) is 19.2 Å². The normalized spacial score (nSPS) is 13.9. The highest BCUT2D eigenvalue weighted by molar-refractivity contribution is 7.17. The number of nitrogens with one attached hydrogen (secondary N) is 1. The van der Waals surface area contributed by atoms with E-state index in [1.165, 1.54) is 11.3 Å². The van der Waals surface area contributed by atoms with Gasteiger partial charge in [-0.05, 0) is 55.4 Å². The molecular formula is C20H18ClN3O3S. The molecule has 0 spiro atoms.